The van der Waals surface area contributed by atoms with Gasteiger partial charge in [0, 0.05) is 11.8 Å². The third-order valence-corrected chi connectivity index (χ3v) is 4.19. The van der Waals surface area contributed by atoms with Crippen molar-refractivity contribution in [3.05, 3.63) is 26.7 Å². The number of nitrogens with one attached hydrogen (secondary N) is 1. The normalized spacial score (nSPS) is 12.9. The summed E-state index contributed by atoms with van der Waals surface area (Å²) in [4.78, 5) is 5.68. The Morgan fingerprint density at radius 1 is 1.44 bits per heavy atom. The summed E-state index contributed by atoms with van der Waals surface area (Å²) in [7, 11) is 1.96. The molecule has 0 saturated carbocycles. The van der Waals surface area contributed by atoms with E-state index >= 15 is 0 Å². The highest BCUT2D eigenvalue weighted by atomic mass is 32.1. The number of hydrogen-bond acceptors (Lipinski definition) is 6. The molecule has 1 N–H and O–H groups in total. The predicted octanol–water partition coefficient (Wildman–Crippen LogP) is 2.11. The van der Waals surface area contributed by atoms with E-state index < -0.39 is 0 Å². The molecular weight excluding hydrogens is 240 g/mol. The van der Waals surface area contributed by atoms with Crippen molar-refractivity contribution in [1.82, 2.24) is 19.9 Å². The van der Waals surface area contributed by atoms with Crippen LogP contribution < -0.4 is 5.32 Å². The Balaban J connectivity index is 2.15. The van der Waals surface area contributed by atoms with Gasteiger partial charge < -0.3 is 5.32 Å². The van der Waals surface area contributed by atoms with Gasteiger partial charge in [0.25, 0.3) is 0 Å². The van der Waals surface area contributed by atoms with E-state index in [1.807, 2.05) is 20.9 Å². The molecule has 4 nitrogen and oxygen atoms in total. The van der Waals surface area contributed by atoms with Gasteiger partial charge in [-0.2, -0.15) is 0 Å². The summed E-state index contributed by atoms with van der Waals surface area (Å²) in [5.74, 6) is 0. The standard InChI is InChI=1S/C10H14N4S2/c1-6-10(16-14-13-6)9(11-3)4-8-5-15-7(2)12-8/h5,9,11H,4H2,1-3H3. The van der Waals surface area contributed by atoms with E-state index in [2.05, 4.69) is 25.3 Å². The number of aromatic nitrogens is 3. The SMILES string of the molecule is CNC(Cc1csc(C)n1)c1snnc1C. The molecule has 0 fully saturated rings. The number of hydrogen-bond donors (Lipinski definition) is 1. The van der Waals surface area contributed by atoms with Crippen molar-refractivity contribution in [2.24, 2.45) is 0 Å². The Kier molecular flexibility index (Phi) is 3.63. The van der Waals surface area contributed by atoms with Gasteiger partial charge in [-0.15, -0.1) is 16.4 Å². The molecule has 1 atom stereocenters. The van der Waals surface area contributed by atoms with Gasteiger partial charge in [0.05, 0.1) is 27.3 Å². The topological polar surface area (TPSA) is 50.7 Å². The Morgan fingerprint density at radius 3 is 2.75 bits per heavy atom. The lowest BCUT2D eigenvalue weighted by molar-refractivity contribution is 0.591. The molecule has 2 heterocycles. The molecule has 6 heteroatoms. The first-order valence-corrected chi connectivity index (χ1v) is 6.73. The lowest BCUT2D eigenvalue weighted by Gasteiger charge is -2.12. The van der Waals surface area contributed by atoms with Gasteiger partial charge in [-0.25, -0.2) is 4.98 Å². The van der Waals surface area contributed by atoms with Crippen molar-refractivity contribution in [1.29, 1.82) is 0 Å². The van der Waals surface area contributed by atoms with E-state index in [0.29, 0.717) is 0 Å². The van der Waals surface area contributed by atoms with Crippen LogP contribution >= 0.6 is 22.9 Å². The van der Waals surface area contributed by atoms with Crippen LogP contribution in [0.3, 0.4) is 0 Å². The van der Waals surface area contributed by atoms with Crippen LogP contribution in [-0.2, 0) is 6.42 Å². The fourth-order valence-electron chi connectivity index (χ4n) is 1.59. The highest BCUT2D eigenvalue weighted by Crippen LogP contribution is 2.23. The highest BCUT2D eigenvalue weighted by Gasteiger charge is 2.17. The zero-order valence-electron chi connectivity index (χ0n) is 9.52. The third-order valence-electron chi connectivity index (χ3n) is 2.43. The summed E-state index contributed by atoms with van der Waals surface area (Å²) in [6.07, 6.45) is 0.894. The maximum absolute atomic E-state index is 4.48. The maximum atomic E-state index is 4.48. The van der Waals surface area contributed by atoms with Gasteiger partial charge >= 0.3 is 0 Å². The number of likely N-dealkylation sites (N-methyl/N-ethyl adjacent to an activating group) is 1. The molecule has 2 rings (SSSR count). The molecule has 0 bridgehead atoms. The molecular formula is C10H14N4S2. The van der Waals surface area contributed by atoms with Crippen molar-refractivity contribution in [3.63, 3.8) is 0 Å². The van der Waals surface area contributed by atoms with Gasteiger partial charge in [-0.05, 0) is 32.4 Å². The first-order valence-electron chi connectivity index (χ1n) is 5.08. The summed E-state index contributed by atoms with van der Waals surface area (Å²) in [5, 5.41) is 10.6. The molecule has 0 aliphatic rings. The van der Waals surface area contributed by atoms with E-state index in [9.17, 15) is 0 Å². The number of aryl methyl sites for hydroxylation is 2. The zero-order valence-corrected chi connectivity index (χ0v) is 11.2. The minimum atomic E-state index is 0.265. The number of nitrogens with zero attached hydrogens (tertiary/aromatic N) is 3. The van der Waals surface area contributed by atoms with Gasteiger partial charge in [0.1, 0.15) is 0 Å². The molecule has 0 amide bonds. The van der Waals surface area contributed by atoms with Crippen LogP contribution in [0.15, 0.2) is 5.38 Å². The summed E-state index contributed by atoms with van der Waals surface area (Å²) in [5.41, 5.74) is 2.14. The van der Waals surface area contributed by atoms with E-state index in [0.717, 1.165) is 22.8 Å². The number of rotatable bonds is 4. The second-order valence-corrected chi connectivity index (χ2v) is 5.47. The van der Waals surface area contributed by atoms with Gasteiger partial charge in [-0.3, -0.25) is 0 Å². The molecule has 86 valence electrons. The Morgan fingerprint density at radius 2 is 2.25 bits per heavy atom. The Bertz CT molecular complexity index is 463. The molecule has 2 aromatic heterocycles. The first-order chi connectivity index (χ1) is 7.70. The molecule has 1 unspecified atom stereocenters. The molecule has 0 aromatic carbocycles. The van der Waals surface area contributed by atoms with Crippen molar-refractivity contribution >= 4 is 22.9 Å². The number of thiazole rings is 1. The second kappa shape index (κ2) is 4.99. The molecule has 2 aromatic rings. The van der Waals surface area contributed by atoms with Crippen LogP contribution in [0.1, 0.15) is 27.3 Å². The van der Waals surface area contributed by atoms with Crippen LogP contribution in [-0.4, -0.2) is 21.6 Å². The second-order valence-electron chi connectivity index (χ2n) is 3.63. The minimum Gasteiger partial charge on any atom is -0.312 e. The molecule has 0 spiro atoms. The van der Waals surface area contributed by atoms with Crippen LogP contribution in [0, 0.1) is 13.8 Å². The van der Waals surface area contributed by atoms with E-state index in [-0.39, 0.29) is 6.04 Å². The van der Waals surface area contributed by atoms with Gasteiger partial charge in [-0.1, -0.05) is 4.49 Å². The smallest absolute Gasteiger partial charge is 0.0897 e. The Hall–Kier alpha value is -0.850. The van der Waals surface area contributed by atoms with Crippen molar-refractivity contribution in [3.8, 4) is 0 Å². The summed E-state index contributed by atoms with van der Waals surface area (Å²) < 4.78 is 3.97. The van der Waals surface area contributed by atoms with Crippen molar-refractivity contribution in [2.75, 3.05) is 7.05 Å². The summed E-state index contributed by atoms with van der Waals surface area (Å²) in [6, 6.07) is 0.265. The van der Waals surface area contributed by atoms with Crippen molar-refractivity contribution < 1.29 is 0 Å². The van der Waals surface area contributed by atoms with Crippen molar-refractivity contribution in [2.45, 2.75) is 26.3 Å². The first kappa shape index (κ1) is 11.6. The van der Waals surface area contributed by atoms with Crippen LogP contribution in [0.4, 0.5) is 0 Å². The molecule has 0 saturated heterocycles. The highest BCUT2D eigenvalue weighted by molar-refractivity contribution is 7.09. The molecule has 0 radical (unpaired) electrons. The van der Waals surface area contributed by atoms with Gasteiger partial charge in [0.2, 0.25) is 0 Å². The summed E-state index contributed by atoms with van der Waals surface area (Å²) >= 11 is 3.15. The van der Waals surface area contributed by atoms with Gasteiger partial charge in [0.15, 0.2) is 0 Å². The molecule has 0 aliphatic carbocycles. The van der Waals surface area contributed by atoms with Crippen LogP contribution in [0.5, 0.6) is 0 Å². The zero-order chi connectivity index (χ0) is 11.5. The molecule has 16 heavy (non-hydrogen) atoms. The average Bonchev–Trinajstić information content (AvgIpc) is 2.84. The third kappa shape index (κ3) is 2.45. The minimum absolute atomic E-state index is 0.265. The lowest BCUT2D eigenvalue weighted by Crippen LogP contribution is -2.18. The van der Waals surface area contributed by atoms with E-state index in [1.54, 1.807) is 11.3 Å². The van der Waals surface area contributed by atoms with E-state index in [4.69, 9.17) is 0 Å². The van der Waals surface area contributed by atoms with Crippen LogP contribution in [0.25, 0.3) is 0 Å². The Labute approximate surface area is 103 Å². The average molecular weight is 254 g/mol. The molecule has 0 aliphatic heterocycles. The fraction of sp³-hybridized carbons (Fsp3) is 0.500. The van der Waals surface area contributed by atoms with E-state index in [1.165, 1.54) is 16.4 Å². The monoisotopic (exact) mass is 254 g/mol. The lowest BCUT2D eigenvalue weighted by atomic mass is 10.1. The maximum Gasteiger partial charge on any atom is 0.0897 e. The van der Waals surface area contributed by atoms with Crippen LogP contribution in [0.2, 0.25) is 0 Å². The largest absolute Gasteiger partial charge is 0.312 e. The quantitative estimate of drug-likeness (QED) is 0.908. The summed E-state index contributed by atoms with van der Waals surface area (Å²) in [6.45, 7) is 4.03. The predicted molar refractivity (Wildman–Crippen MR) is 67.0 cm³/mol. The fourth-order valence-corrected chi connectivity index (χ4v) is 2.97.